The molecule has 0 aliphatic carbocycles. The van der Waals surface area contributed by atoms with Gasteiger partial charge in [0.1, 0.15) is 5.75 Å². The van der Waals surface area contributed by atoms with Crippen LogP contribution >= 0.6 is 0 Å². The molecule has 0 saturated carbocycles. The Labute approximate surface area is 127 Å². The fraction of sp³-hybridized carbons (Fsp3) is 0.600. The zero-order valence-corrected chi connectivity index (χ0v) is 13.8. The normalized spacial score (nSPS) is 21.2. The first-order valence-corrected chi connectivity index (χ1v) is 8.83. The molecular formula is C15H23NO4S. The van der Waals surface area contributed by atoms with E-state index in [9.17, 15) is 8.42 Å². The van der Waals surface area contributed by atoms with E-state index in [0.717, 1.165) is 24.9 Å². The molecule has 1 saturated heterocycles. The highest BCUT2D eigenvalue weighted by atomic mass is 32.2. The number of ether oxygens (including phenoxy) is 1. The molecule has 2 rings (SSSR count). The van der Waals surface area contributed by atoms with E-state index in [1.807, 2.05) is 12.1 Å². The molecule has 0 aromatic heterocycles. The molecule has 1 atom stereocenters. The van der Waals surface area contributed by atoms with E-state index in [2.05, 4.69) is 25.7 Å². The van der Waals surface area contributed by atoms with Crippen molar-refractivity contribution in [3.8, 4) is 5.75 Å². The predicted molar refractivity (Wildman–Crippen MR) is 81.9 cm³/mol. The van der Waals surface area contributed by atoms with Gasteiger partial charge in [-0.2, -0.15) is 8.42 Å². The van der Waals surface area contributed by atoms with E-state index in [0.29, 0.717) is 12.4 Å². The number of hydrogen-bond acceptors (Lipinski definition) is 5. The van der Waals surface area contributed by atoms with Crippen LogP contribution in [0.25, 0.3) is 0 Å². The molecule has 1 aromatic carbocycles. The first kappa shape index (κ1) is 16.3. The van der Waals surface area contributed by atoms with E-state index in [4.69, 9.17) is 8.92 Å². The quantitative estimate of drug-likeness (QED) is 0.801. The molecule has 21 heavy (non-hydrogen) atoms. The highest BCUT2D eigenvalue weighted by molar-refractivity contribution is 7.86. The van der Waals surface area contributed by atoms with E-state index >= 15 is 0 Å². The Morgan fingerprint density at radius 2 is 1.86 bits per heavy atom. The van der Waals surface area contributed by atoms with Crippen LogP contribution in [0, 0.1) is 0 Å². The smallest absolute Gasteiger partial charge is 0.306 e. The molecule has 0 bridgehead atoms. The minimum atomic E-state index is -3.48. The van der Waals surface area contributed by atoms with E-state index in [1.165, 1.54) is 0 Å². The Kier molecular flexibility index (Phi) is 4.60. The number of hydrogen-bond donors (Lipinski definition) is 0. The van der Waals surface area contributed by atoms with Gasteiger partial charge in [0.25, 0.3) is 0 Å². The van der Waals surface area contributed by atoms with Crippen molar-refractivity contribution in [2.75, 3.05) is 26.0 Å². The van der Waals surface area contributed by atoms with Crippen molar-refractivity contribution in [3.63, 3.8) is 0 Å². The lowest BCUT2D eigenvalue weighted by Gasteiger charge is -2.41. The van der Waals surface area contributed by atoms with Crippen LogP contribution in [0.1, 0.15) is 32.4 Å². The minimum Gasteiger partial charge on any atom is -0.383 e. The van der Waals surface area contributed by atoms with Crippen molar-refractivity contribution in [2.45, 2.75) is 32.4 Å². The second kappa shape index (κ2) is 5.94. The highest BCUT2D eigenvalue weighted by Crippen LogP contribution is 2.28. The van der Waals surface area contributed by atoms with Gasteiger partial charge in [0.15, 0.2) is 0 Å². The molecule has 0 N–H and O–H groups in total. The molecule has 1 fully saturated rings. The lowest BCUT2D eigenvalue weighted by Crippen LogP contribution is -2.48. The first-order valence-electron chi connectivity index (χ1n) is 7.01. The van der Waals surface area contributed by atoms with Crippen molar-refractivity contribution < 1.29 is 17.3 Å². The standard InChI is InChI=1S/C15H23NO4S/c1-15(2,3)16-9-10-19-14(11-16)12-5-7-13(8-6-12)20-21(4,17)18/h5-8,14H,9-11H2,1-4H3. The Bertz CT molecular complexity index is 575. The van der Waals surface area contributed by atoms with Gasteiger partial charge in [0, 0.05) is 18.6 Å². The van der Waals surface area contributed by atoms with Crippen molar-refractivity contribution in [1.82, 2.24) is 4.90 Å². The van der Waals surface area contributed by atoms with E-state index < -0.39 is 10.1 Å². The second-order valence-corrected chi connectivity index (χ2v) is 7.91. The van der Waals surface area contributed by atoms with Crippen LogP contribution < -0.4 is 4.18 Å². The summed E-state index contributed by atoms with van der Waals surface area (Å²) in [6.07, 6.45) is 1.04. The summed E-state index contributed by atoms with van der Waals surface area (Å²) in [6.45, 7) is 9.03. The first-order chi connectivity index (χ1) is 9.65. The number of morpholine rings is 1. The van der Waals surface area contributed by atoms with E-state index in [-0.39, 0.29) is 11.6 Å². The minimum absolute atomic E-state index is 0.00487. The molecule has 1 unspecified atom stereocenters. The van der Waals surface area contributed by atoms with Gasteiger partial charge in [-0.05, 0) is 38.5 Å². The second-order valence-electron chi connectivity index (χ2n) is 6.33. The monoisotopic (exact) mass is 313 g/mol. The zero-order chi connectivity index (χ0) is 15.7. The SMILES string of the molecule is CC(C)(C)N1CCOC(c2ccc(OS(C)(=O)=O)cc2)C1. The van der Waals surface area contributed by atoms with Gasteiger partial charge in [-0.25, -0.2) is 0 Å². The summed E-state index contributed by atoms with van der Waals surface area (Å²) >= 11 is 0. The van der Waals surface area contributed by atoms with Gasteiger partial charge in [-0.3, -0.25) is 4.90 Å². The molecule has 5 nitrogen and oxygen atoms in total. The predicted octanol–water partition coefficient (Wildman–Crippen LogP) is 2.20. The van der Waals surface area contributed by atoms with Crippen LogP contribution in [-0.2, 0) is 14.9 Å². The highest BCUT2D eigenvalue weighted by Gasteiger charge is 2.29. The largest absolute Gasteiger partial charge is 0.383 e. The maximum atomic E-state index is 11.1. The Morgan fingerprint density at radius 1 is 1.24 bits per heavy atom. The van der Waals surface area contributed by atoms with Crippen LogP contribution in [0.15, 0.2) is 24.3 Å². The van der Waals surface area contributed by atoms with Crippen molar-refractivity contribution in [1.29, 1.82) is 0 Å². The van der Waals surface area contributed by atoms with Gasteiger partial charge in [0.2, 0.25) is 0 Å². The van der Waals surface area contributed by atoms with Crippen LogP contribution in [-0.4, -0.2) is 44.8 Å². The Morgan fingerprint density at radius 3 is 2.38 bits per heavy atom. The van der Waals surface area contributed by atoms with Gasteiger partial charge in [-0.15, -0.1) is 0 Å². The fourth-order valence-corrected chi connectivity index (χ4v) is 2.83. The summed E-state index contributed by atoms with van der Waals surface area (Å²) in [5, 5.41) is 0. The summed E-state index contributed by atoms with van der Waals surface area (Å²) < 4.78 is 32.8. The molecule has 1 aliphatic heterocycles. The zero-order valence-electron chi connectivity index (χ0n) is 13.0. The van der Waals surface area contributed by atoms with Gasteiger partial charge in [0.05, 0.1) is 19.0 Å². The maximum absolute atomic E-state index is 11.1. The summed E-state index contributed by atoms with van der Waals surface area (Å²) in [6, 6.07) is 7.04. The van der Waals surface area contributed by atoms with Crippen LogP contribution in [0.2, 0.25) is 0 Å². The third-order valence-corrected chi connectivity index (χ3v) is 4.01. The average Bonchev–Trinajstić information content (AvgIpc) is 2.37. The lowest BCUT2D eigenvalue weighted by molar-refractivity contribution is -0.0596. The summed E-state index contributed by atoms with van der Waals surface area (Å²) in [5.74, 6) is 0.324. The molecular weight excluding hydrogens is 290 g/mol. The van der Waals surface area contributed by atoms with Gasteiger partial charge in [-0.1, -0.05) is 12.1 Å². The van der Waals surface area contributed by atoms with Crippen LogP contribution in [0.4, 0.5) is 0 Å². The van der Waals surface area contributed by atoms with Crippen molar-refractivity contribution in [3.05, 3.63) is 29.8 Å². The molecule has 118 valence electrons. The van der Waals surface area contributed by atoms with Gasteiger partial charge >= 0.3 is 10.1 Å². The summed E-state index contributed by atoms with van der Waals surface area (Å²) in [5.41, 5.74) is 1.14. The average molecular weight is 313 g/mol. The molecule has 0 amide bonds. The topological polar surface area (TPSA) is 55.8 Å². The van der Waals surface area contributed by atoms with Crippen molar-refractivity contribution >= 4 is 10.1 Å². The number of nitrogens with zero attached hydrogens (tertiary/aromatic N) is 1. The summed E-state index contributed by atoms with van der Waals surface area (Å²) in [4.78, 5) is 2.39. The maximum Gasteiger partial charge on any atom is 0.306 e. The Balaban J connectivity index is 2.08. The molecule has 0 radical (unpaired) electrons. The lowest BCUT2D eigenvalue weighted by atomic mass is 10.0. The third kappa shape index (κ3) is 4.69. The molecule has 6 heteroatoms. The third-order valence-electron chi connectivity index (χ3n) is 3.51. The van der Waals surface area contributed by atoms with Crippen LogP contribution in [0.3, 0.4) is 0 Å². The Hall–Kier alpha value is -1.11. The molecule has 0 spiro atoms. The molecule has 1 aromatic rings. The van der Waals surface area contributed by atoms with Gasteiger partial charge < -0.3 is 8.92 Å². The van der Waals surface area contributed by atoms with Crippen molar-refractivity contribution in [2.24, 2.45) is 0 Å². The number of rotatable bonds is 3. The molecule has 1 aliphatic rings. The fourth-order valence-electron chi connectivity index (χ4n) is 2.37. The van der Waals surface area contributed by atoms with Crippen LogP contribution in [0.5, 0.6) is 5.75 Å². The van der Waals surface area contributed by atoms with E-state index in [1.54, 1.807) is 12.1 Å². The number of benzene rings is 1. The summed E-state index contributed by atoms with van der Waals surface area (Å²) in [7, 11) is -3.48. The molecule has 1 heterocycles.